The van der Waals surface area contributed by atoms with E-state index in [9.17, 15) is 14.7 Å². The van der Waals surface area contributed by atoms with E-state index in [-0.39, 0.29) is 31.3 Å². The molecule has 3 atom stereocenters. The minimum Gasteiger partial charge on any atom is -0.394 e. The molecule has 0 saturated heterocycles. The van der Waals surface area contributed by atoms with Gasteiger partial charge in [-0.25, -0.2) is 0 Å². The number of aliphatic hydroxyl groups is 1. The number of rotatable bonds is 8. The standard InChI is InChI=1S/C27H27N3O4/c31-18-25-24(30-26(32)15-19-5-4-14-28-17-19)13-12-23(34-25)16-27(33)29-22-10-8-21(9-11-22)20-6-2-1-3-7-20/h1-14,17,23-25,31H,15-16,18H2,(H,29,33)(H,30,32)/t23-,24-,25-/m1/s1. The monoisotopic (exact) mass is 457 g/mol. The molecule has 2 amide bonds. The Kier molecular flexibility index (Phi) is 7.80. The van der Waals surface area contributed by atoms with Gasteiger partial charge in [-0.2, -0.15) is 0 Å². The third-order valence-electron chi connectivity index (χ3n) is 5.54. The smallest absolute Gasteiger partial charge is 0.227 e. The number of aliphatic hydroxyl groups excluding tert-OH is 1. The molecule has 2 heterocycles. The molecule has 7 heteroatoms. The minimum atomic E-state index is -0.634. The Morgan fingerprint density at radius 2 is 1.68 bits per heavy atom. The van der Waals surface area contributed by atoms with Gasteiger partial charge in [-0.1, -0.05) is 60.7 Å². The number of ether oxygens (including phenoxy) is 1. The lowest BCUT2D eigenvalue weighted by Gasteiger charge is -2.31. The highest BCUT2D eigenvalue weighted by Gasteiger charge is 2.29. The van der Waals surface area contributed by atoms with Crippen LogP contribution < -0.4 is 10.6 Å². The third-order valence-corrected chi connectivity index (χ3v) is 5.54. The van der Waals surface area contributed by atoms with Gasteiger partial charge in [0.2, 0.25) is 11.8 Å². The topological polar surface area (TPSA) is 101 Å². The molecule has 0 spiro atoms. The summed E-state index contributed by atoms with van der Waals surface area (Å²) in [4.78, 5) is 28.9. The summed E-state index contributed by atoms with van der Waals surface area (Å²) in [5.74, 6) is -0.391. The molecule has 174 valence electrons. The average molecular weight is 458 g/mol. The first-order chi connectivity index (χ1) is 16.6. The molecule has 3 aromatic rings. The van der Waals surface area contributed by atoms with Crippen LogP contribution in [0.25, 0.3) is 11.1 Å². The van der Waals surface area contributed by atoms with E-state index < -0.39 is 18.2 Å². The van der Waals surface area contributed by atoms with Crippen molar-refractivity contribution in [2.45, 2.75) is 31.1 Å². The first-order valence-corrected chi connectivity index (χ1v) is 11.2. The summed E-state index contributed by atoms with van der Waals surface area (Å²) >= 11 is 0. The van der Waals surface area contributed by atoms with E-state index in [2.05, 4.69) is 15.6 Å². The molecular weight excluding hydrogens is 430 g/mol. The molecule has 0 fully saturated rings. The lowest BCUT2D eigenvalue weighted by Crippen LogP contribution is -2.49. The van der Waals surface area contributed by atoms with Crippen LogP contribution in [0.5, 0.6) is 0 Å². The van der Waals surface area contributed by atoms with Gasteiger partial charge >= 0.3 is 0 Å². The maximum absolute atomic E-state index is 12.5. The number of benzene rings is 2. The third kappa shape index (κ3) is 6.37. The van der Waals surface area contributed by atoms with Crippen molar-refractivity contribution in [3.8, 4) is 11.1 Å². The Morgan fingerprint density at radius 1 is 0.912 bits per heavy atom. The Labute approximate surface area is 198 Å². The first-order valence-electron chi connectivity index (χ1n) is 11.2. The summed E-state index contributed by atoms with van der Waals surface area (Å²) in [6.45, 7) is -0.277. The molecule has 1 aromatic heterocycles. The number of nitrogens with one attached hydrogen (secondary N) is 2. The Hall–Kier alpha value is -3.81. The molecule has 0 radical (unpaired) electrons. The van der Waals surface area contributed by atoms with Crippen LogP contribution in [0.4, 0.5) is 5.69 Å². The zero-order chi connectivity index (χ0) is 23.8. The summed E-state index contributed by atoms with van der Waals surface area (Å²) in [5, 5.41) is 15.5. The zero-order valence-corrected chi connectivity index (χ0v) is 18.6. The summed E-state index contributed by atoms with van der Waals surface area (Å²) in [5.41, 5.74) is 3.68. The van der Waals surface area contributed by atoms with Crippen molar-refractivity contribution in [2.24, 2.45) is 0 Å². The Balaban J connectivity index is 1.29. The lowest BCUT2D eigenvalue weighted by molar-refractivity contribution is -0.125. The van der Waals surface area contributed by atoms with Crippen molar-refractivity contribution in [3.05, 3.63) is 96.8 Å². The summed E-state index contributed by atoms with van der Waals surface area (Å²) in [6, 6.07) is 20.8. The van der Waals surface area contributed by atoms with Crippen LogP contribution in [-0.4, -0.2) is 46.8 Å². The quantitative estimate of drug-likeness (QED) is 0.451. The van der Waals surface area contributed by atoms with E-state index in [0.29, 0.717) is 5.69 Å². The van der Waals surface area contributed by atoms with Crippen LogP contribution in [0.1, 0.15) is 12.0 Å². The summed E-state index contributed by atoms with van der Waals surface area (Å²) < 4.78 is 5.86. The highest BCUT2D eigenvalue weighted by molar-refractivity contribution is 5.91. The fourth-order valence-electron chi connectivity index (χ4n) is 3.83. The van der Waals surface area contributed by atoms with Gasteiger partial charge in [-0.05, 0) is 34.9 Å². The van der Waals surface area contributed by atoms with Crippen LogP contribution in [-0.2, 0) is 20.7 Å². The maximum Gasteiger partial charge on any atom is 0.227 e. The molecule has 0 bridgehead atoms. The predicted molar refractivity (Wildman–Crippen MR) is 130 cm³/mol. The molecular formula is C27H27N3O4. The number of anilines is 1. The lowest BCUT2D eigenvalue weighted by atomic mass is 10.0. The van der Waals surface area contributed by atoms with Gasteiger partial charge in [-0.3, -0.25) is 14.6 Å². The summed E-state index contributed by atoms with van der Waals surface area (Å²) in [7, 11) is 0. The van der Waals surface area contributed by atoms with Crippen LogP contribution in [0, 0.1) is 0 Å². The Bertz CT molecular complexity index is 1120. The zero-order valence-electron chi connectivity index (χ0n) is 18.6. The number of amides is 2. The number of pyridine rings is 1. The largest absolute Gasteiger partial charge is 0.394 e. The number of carbonyl (C=O) groups is 2. The fraction of sp³-hybridized carbons (Fsp3) is 0.222. The molecule has 3 N–H and O–H groups in total. The van der Waals surface area contributed by atoms with Gasteiger partial charge < -0.3 is 20.5 Å². The number of carbonyl (C=O) groups excluding carboxylic acids is 2. The van der Waals surface area contributed by atoms with E-state index in [1.165, 1.54) is 0 Å². The molecule has 1 aliphatic heterocycles. The van der Waals surface area contributed by atoms with E-state index in [1.54, 1.807) is 30.6 Å². The SMILES string of the molecule is O=C(C[C@H]1C=C[C@@H](NC(=O)Cc2cccnc2)[C@@H](CO)O1)Nc1ccc(-c2ccccc2)cc1. The number of hydrogen-bond donors (Lipinski definition) is 3. The molecule has 4 rings (SSSR count). The van der Waals surface area contributed by atoms with Crippen LogP contribution >= 0.6 is 0 Å². The number of hydrogen-bond acceptors (Lipinski definition) is 5. The highest BCUT2D eigenvalue weighted by atomic mass is 16.5. The van der Waals surface area contributed by atoms with Crippen molar-refractivity contribution < 1.29 is 19.4 Å². The van der Waals surface area contributed by atoms with Crippen molar-refractivity contribution in [2.75, 3.05) is 11.9 Å². The highest BCUT2D eigenvalue weighted by Crippen LogP contribution is 2.22. The molecule has 34 heavy (non-hydrogen) atoms. The second-order valence-corrected chi connectivity index (χ2v) is 8.11. The minimum absolute atomic E-state index is 0.101. The van der Waals surface area contributed by atoms with Gasteiger partial charge in [0.1, 0.15) is 6.10 Å². The van der Waals surface area contributed by atoms with E-state index in [4.69, 9.17) is 4.74 Å². The van der Waals surface area contributed by atoms with Crippen molar-refractivity contribution in [3.63, 3.8) is 0 Å². The average Bonchev–Trinajstić information content (AvgIpc) is 2.86. The van der Waals surface area contributed by atoms with Gasteiger partial charge in [-0.15, -0.1) is 0 Å². The van der Waals surface area contributed by atoms with Gasteiger partial charge in [0.25, 0.3) is 0 Å². The molecule has 0 saturated carbocycles. The van der Waals surface area contributed by atoms with Crippen molar-refractivity contribution >= 4 is 17.5 Å². The Morgan fingerprint density at radius 3 is 2.38 bits per heavy atom. The van der Waals surface area contributed by atoms with E-state index in [1.807, 2.05) is 60.7 Å². The van der Waals surface area contributed by atoms with Crippen LogP contribution in [0.15, 0.2) is 91.3 Å². The van der Waals surface area contributed by atoms with Gasteiger partial charge in [0.05, 0.1) is 31.6 Å². The van der Waals surface area contributed by atoms with Crippen LogP contribution in [0.2, 0.25) is 0 Å². The molecule has 1 aliphatic rings. The fourth-order valence-corrected chi connectivity index (χ4v) is 3.83. The second-order valence-electron chi connectivity index (χ2n) is 8.11. The molecule has 0 unspecified atom stereocenters. The van der Waals surface area contributed by atoms with Crippen molar-refractivity contribution in [1.29, 1.82) is 0 Å². The first kappa shape index (κ1) is 23.4. The maximum atomic E-state index is 12.5. The van der Waals surface area contributed by atoms with Crippen molar-refractivity contribution in [1.82, 2.24) is 10.3 Å². The van der Waals surface area contributed by atoms with E-state index in [0.717, 1.165) is 16.7 Å². The number of aromatic nitrogens is 1. The molecule has 0 aliphatic carbocycles. The van der Waals surface area contributed by atoms with Crippen LogP contribution in [0.3, 0.4) is 0 Å². The molecule has 7 nitrogen and oxygen atoms in total. The van der Waals surface area contributed by atoms with E-state index >= 15 is 0 Å². The predicted octanol–water partition coefficient (Wildman–Crippen LogP) is 3.12. The summed E-state index contributed by atoms with van der Waals surface area (Å²) in [6.07, 6.45) is 5.97. The number of nitrogens with zero attached hydrogens (tertiary/aromatic N) is 1. The normalized spacial score (nSPS) is 19.4. The second kappa shape index (κ2) is 11.4. The van der Waals surface area contributed by atoms with Gasteiger partial charge in [0.15, 0.2) is 0 Å². The van der Waals surface area contributed by atoms with Gasteiger partial charge in [0, 0.05) is 18.1 Å². The molecule has 2 aromatic carbocycles.